The van der Waals surface area contributed by atoms with E-state index in [-0.39, 0.29) is 5.92 Å². The van der Waals surface area contributed by atoms with Gasteiger partial charge >= 0.3 is 0 Å². The molecule has 2 atom stereocenters. The van der Waals surface area contributed by atoms with E-state index in [0.717, 1.165) is 11.3 Å². The lowest BCUT2D eigenvalue weighted by atomic mass is 9.95. The predicted molar refractivity (Wildman–Crippen MR) is 65.1 cm³/mol. The molecule has 0 fully saturated rings. The average molecular weight is 218 g/mol. The Balaban J connectivity index is 2.78. The molecule has 0 amide bonds. The second-order valence-corrected chi connectivity index (χ2v) is 4.27. The van der Waals surface area contributed by atoms with E-state index in [0.29, 0.717) is 6.42 Å². The van der Waals surface area contributed by atoms with Gasteiger partial charge in [0.15, 0.2) is 0 Å². The van der Waals surface area contributed by atoms with E-state index in [9.17, 15) is 5.11 Å². The van der Waals surface area contributed by atoms with Gasteiger partial charge in [-0.2, -0.15) is 5.26 Å². The molecule has 1 N–H and O–H groups in total. The summed E-state index contributed by atoms with van der Waals surface area (Å²) in [5.41, 5.74) is 1.97. The molecule has 1 rings (SSSR count). The highest BCUT2D eigenvalue weighted by atomic mass is 16.3. The molecule has 16 heavy (non-hydrogen) atoms. The van der Waals surface area contributed by atoms with Gasteiger partial charge < -0.3 is 10.0 Å². The summed E-state index contributed by atoms with van der Waals surface area (Å²) >= 11 is 0. The number of hydrogen-bond donors (Lipinski definition) is 1. The van der Waals surface area contributed by atoms with Crippen molar-refractivity contribution in [2.45, 2.75) is 19.4 Å². The van der Waals surface area contributed by atoms with Gasteiger partial charge in [0.2, 0.25) is 0 Å². The van der Waals surface area contributed by atoms with E-state index in [1.54, 1.807) is 0 Å². The first-order chi connectivity index (χ1) is 7.56. The Hall–Kier alpha value is -1.53. The summed E-state index contributed by atoms with van der Waals surface area (Å²) in [5, 5.41) is 18.6. The minimum Gasteiger partial charge on any atom is -0.388 e. The fourth-order valence-electron chi connectivity index (χ4n) is 1.55. The second kappa shape index (κ2) is 5.53. The first-order valence-electron chi connectivity index (χ1n) is 5.38. The van der Waals surface area contributed by atoms with Crippen molar-refractivity contribution in [3.63, 3.8) is 0 Å². The van der Waals surface area contributed by atoms with Gasteiger partial charge in [-0.25, -0.2) is 0 Å². The molecule has 0 aliphatic carbocycles. The van der Waals surface area contributed by atoms with Crippen LogP contribution in [0.3, 0.4) is 0 Å². The van der Waals surface area contributed by atoms with Gasteiger partial charge in [-0.05, 0) is 23.6 Å². The van der Waals surface area contributed by atoms with E-state index in [1.165, 1.54) is 0 Å². The molecule has 0 aromatic heterocycles. The molecule has 86 valence electrons. The summed E-state index contributed by atoms with van der Waals surface area (Å²) < 4.78 is 0. The molecule has 0 radical (unpaired) electrons. The van der Waals surface area contributed by atoms with Crippen molar-refractivity contribution in [1.82, 2.24) is 0 Å². The number of aliphatic hydroxyl groups is 1. The van der Waals surface area contributed by atoms with Gasteiger partial charge in [0, 0.05) is 26.2 Å². The fourth-order valence-corrected chi connectivity index (χ4v) is 1.55. The zero-order valence-electron chi connectivity index (χ0n) is 10.0. The largest absolute Gasteiger partial charge is 0.388 e. The van der Waals surface area contributed by atoms with Crippen LogP contribution in [0.5, 0.6) is 0 Å². The van der Waals surface area contributed by atoms with E-state index < -0.39 is 6.10 Å². The Morgan fingerprint density at radius 3 is 2.31 bits per heavy atom. The number of rotatable bonds is 4. The van der Waals surface area contributed by atoms with Crippen molar-refractivity contribution < 1.29 is 5.11 Å². The molecule has 0 saturated heterocycles. The summed E-state index contributed by atoms with van der Waals surface area (Å²) in [6.45, 7) is 1.88. The Morgan fingerprint density at radius 1 is 1.31 bits per heavy atom. The van der Waals surface area contributed by atoms with Crippen molar-refractivity contribution in [2.24, 2.45) is 5.92 Å². The SMILES string of the molecule is CC(CC#N)C(O)c1ccc(N(C)C)cc1. The monoisotopic (exact) mass is 218 g/mol. The summed E-state index contributed by atoms with van der Waals surface area (Å²) in [6, 6.07) is 9.84. The van der Waals surface area contributed by atoms with Crippen LogP contribution in [0.4, 0.5) is 5.69 Å². The van der Waals surface area contributed by atoms with Crippen LogP contribution in [0.2, 0.25) is 0 Å². The predicted octanol–water partition coefficient (Wildman–Crippen LogP) is 2.34. The molecule has 0 spiro atoms. The van der Waals surface area contributed by atoms with Crippen molar-refractivity contribution in [3.8, 4) is 6.07 Å². The summed E-state index contributed by atoms with van der Waals surface area (Å²) in [6.07, 6.45) is -0.188. The van der Waals surface area contributed by atoms with Gasteiger partial charge in [-0.1, -0.05) is 19.1 Å². The van der Waals surface area contributed by atoms with E-state index in [4.69, 9.17) is 5.26 Å². The minimum atomic E-state index is -0.559. The Labute approximate surface area is 96.9 Å². The van der Waals surface area contributed by atoms with Crippen LogP contribution in [0, 0.1) is 17.2 Å². The standard InChI is InChI=1S/C13H18N2O/c1-10(8-9-14)13(16)11-4-6-12(7-5-11)15(2)3/h4-7,10,13,16H,8H2,1-3H3. The molecular weight excluding hydrogens is 200 g/mol. The van der Waals surface area contributed by atoms with Crippen LogP contribution in [0.1, 0.15) is 25.0 Å². The van der Waals surface area contributed by atoms with Crippen LogP contribution < -0.4 is 4.90 Å². The second-order valence-electron chi connectivity index (χ2n) is 4.27. The van der Waals surface area contributed by atoms with Crippen LogP contribution >= 0.6 is 0 Å². The summed E-state index contributed by atoms with van der Waals surface area (Å²) in [5.74, 6) is -0.0322. The van der Waals surface area contributed by atoms with Crippen LogP contribution in [-0.2, 0) is 0 Å². The van der Waals surface area contributed by atoms with Crippen molar-refractivity contribution in [1.29, 1.82) is 5.26 Å². The maximum Gasteiger partial charge on any atom is 0.0825 e. The number of nitriles is 1. The highest BCUT2D eigenvalue weighted by molar-refractivity contribution is 5.46. The van der Waals surface area contributed by atoms with Gasteiger partial charge in [0.1, 0.15) is 0 Å². The number of hydrogen-bond acceptors (Lipinski definition) is 3. The van der Waals surface area contributed by atoms with Crippen LogP contribution in [0.15, 0.2) is 24.3 Å². The first-order valence-corrected chi connectivity index (χ1v) is 5.38. The molecule has 0 aliphatic rings. The Kier molecular flexibility index (Phi) is 4.33. The number of benzene rings is 1. The molecule has 0 bridgehead atoms. The molecule has 0 heterocycles. The zero-order valence-corrected chi connectivity index (χ0v) is 10.0. The van der Waals surface area contributed by atoms with Crippen molar-refractivity contribution in [3.05, 3.63) is 29.8 Å². The van der Waals surface area contributed by atoms with Gasteiger partial charge in [0.05, 0.1) is 12.2 Å². The molecular formula is C13H18N2O. The molecule has 2 unspecified atom stereocenters. The first kappa shape index (κ1) is 12.5. The van der Waals surface area contributed by atoms with E-state index in [2.05, 4.69) is 6.07 Å². The maximum absolute atomic E-state index is 9.98. The van der Waals surface area contributed by atoms with Crippen molar-refractivity contribution >= 4 is 5.69 Å². The highest BCUT2D eigenvalue weighted by Gasteiger charge is 2.15. The molecule has 0 saturated carbocycles. The quantitative estimate of drug-likeness (QED) is 0.843. The summed E-state index contributed by atoms with van der Waals surface area (Å²) in [4.78, 5) is 2.01. The average Bonchev–Trinajstić information content (AvgIpc) is 2.28. The van der Waals surface area contributed by atoms with E-state index in [1.807, 2.05) is 50.2 Å². The zero-order chi connectivity index (χ0) is 12.1. The maximum atomic E-state index is 9.98. The minimum absolute atomic E-state index is 0.0322. The van der Waals surface area contributed by atoms with Crippen LogP contribution in [0.25, 0.3) is 0 Å². The van der Waals surface area contributed by atoms with Crippen molar-refractivity contribution in [2.75, 3.05) is 19.0 Å². The lowest BCUT2D eigenvalue weighted by Crippen LogP contribution is -2.10. The van der Waals surface area contributed by atoms with Crippen LogP contribution in [-0.4, -0.2) is 19.2 Å². The molecule has 1 aromatic carbocycles. The Bertz CT molecular complexity index is 365. The third-order valence-corrected chi connectivity index (χ3v) is 2.70. The van der Waals surface area contributed by atoms with Gasteiger partial charge in [-0.3, -0.25) is 0 Å². The molecule has 3 heteroatoms. The third kappa shape index (κ3) is 2.98. The molecule has 3 nitrogen and oxygen atoms in total. The molecule has 1 aromatic rings. The van der Waals surface area contributed by atoms with Gasteiger partial charge in [0.25, 0.3) is 0 Å². The summed E-state index contributed by atoms with van der Waals surface area (Å²) in [7, 11) is 3.95. The number of nitrogens with zero attached hydrogens (tertiary/aromatic N) is 2. The highest BCUT2D eigenvalue weighted by Crippen LogP contribution is 2.25. The number of aliphatic hydroxyl groups excluding tert-OH is 1. The smallest absolute Gasteiger partial charge is 0.0825 e. The normalized spacial score (nSPS) is 13.9. The third-order valence-electron chi connectivity index (χ3n) is 2.70. The lowest BCUT2D eigenvalue weighted by molar-refractivity contribution is 0.120. The topological polar surface area (TPSA) is 47.3 Å². The Morgan fingerprint density at radius 2 is 1.88 bits per heavy atom. The number of anilines is 1. The fraction of sp³-hybridized carbons (Fsp3) is 0.462. The molecule has 0 aliphatic heterocycles. The lowest BCUT2D eigenvalue weighted by Gasteiger charge is -2.18. The van der Waals surface area contributed by atoms with Gasteiger partial charge in [-0.15, -0.1) is 0 Å². The van der Waals surface area contributed by atoms with E-state index >= 15 is 0 Å².